The first kappa shape index (κ1) is 25.1. The number of nitrogens with zero attached hydrogens (tertiary/aromatic N) is 3. The van der Waals surface area contributed by atoms with E-state index in [4.69, 9.17) is 9.47 Å². The van der Waals surface area contributed by atoms with Gasteiger partial charge >= 0.3 is 12.1 Å². The van der Waals surface area contributed by atoms with Gasteiger partial charge in [0.05, 0.1) is 5.56 Å². The minimum absolute atomic E-state index is 0.312. The van der Waals surface area contributed by atoms with Crippen LogP contribution in [-0.4, -0.2) is 31.4 Å². The van der Waals surface area contributed by atoms with Gasteiger partial charge in [0.2, 0.25) is 0 Å². The Balaban J connectivity index is 1.78. The summed E-state index contributed by atoms with van der Waals surface area (Å²) in [5.74, 6) is 0.651. The van der Waals surface area contributed by atoms with Crippen molar-refractivity contribution >= 4 is 5.97 Å². The van der Waals surface area contributed by atoms with Gasteiger partial charge in [-0.25, -0.2) is 14.5 Å². The Bertz CT molecular complexity index is 1120. The van der Waals surface area contributed by atoms with Crippen molar-refractivity contribution in [1.82, 2.24) is 14.8 Å². The van der Waals surface area contributed by atoms with Crippen molar-refractivity contribution in [3.8, 4) is 22.9 Å². The summed E-state index contributed by atoms with van der Waals surface area (Å²) in [6.07, 6.45) is -4.14. The molecule has 3 rings (SSSR count). The summed E-state index contributed by atoms with van der Waals surface area (Å²) in [4.78, 5) is 15.8. The number of benzene rings is 2. The number of aliphatic carboxylic acids is 1. The van der Waals surface area contributed by atoms with Crippen molar-refractivity contribution in [3.63, 3.8) is 0 Å². The molecule has 0 fully saturated rings. The highest BCUT2D eigenvalue weighted by atomic mass is 19.4. The first-order valence-electron chi connectivity index (χ1n) is 10.7. The molecular formula is C24H26F3N3O4. The monoisotopic (exact) mass is 477 g/mol. The molecule has 3 aromatic rings. The van der Waals surface area contributed by atoms with E-state index in [2.05, 4.69) is 10.1 Å². The number of hydrogen-bond acceptors (Lipinski definition) is 5. The summed E-state index contributed by atoms with van der Waals surface area (Å²) in [6, 6.07) is 11.2. The summed E-state index contributed by atoms with van der Waals surface area (Å²) >= 11 is 0. The van der Waals surface area contributed by atoms with E-state index in [0.29, 0.717) is 35.3 Å². The molecule has 0 saturated heterocycles. The summed E-state index contributed by atoms with van der Waals surface area (Å²) < 4.78 is 51.7. The Hall–Kier alpha value is -3.56. The van der Waals surface area contributed by atoms with Crippen molar-refractivity contribution in [1.29, 1.82) is 0 Å². The van der Waals surface area contributed by atoms with Crippen LogP contribution in [0.3, 0.4) is 0 Å². The second-order valence-corrected chi connectivity index (χ2v) is 8.24. The first-order valence-corrected chi connectivity index (χ1v) is 10.7. The lowest BCUT2D eigenvalue weighted by molar-refractivity contribution is -0.152. The predicted octanol–water partition coefficient (Wildman–Crippen LogP) is 5.76. The lowest BCUT2D eigenvalue weighted by atomic mass is 10.1. The normalized spacial score (nSPS) is 12.9. The highest BCUT2D eigenvalue weighted by molar-refractivity contribution is 5.76. The van der Waals surface area contributed by atoms with Crippen LogP contribution in [-0.2, 0) is 17.5 Å². The van der Waals surface area contributed by atoms with Gasteiger partial charge in [-0.2, -0.15) is 18.3 Å². The van der Waals surface area contributed by atoms with Crippen molar-refractivity contribution in [2.24, 2.45) is 0 Å². The highest BCUT2D eigenvalue weighted by Crippen LogP contribution is 2.31. The topological polar surface area (TPSA) is 86.5 Å². The molecule has 7 nitrogen and oxygen atoms in total. The van der Waals surface area contributed by atoms with Gasteiger partial charge in [-0.1, -0.05) is 19.1 Å². The van der Waals surface area contributed by atoms with Crippen molar-refractivity contribution in [2.45, 2.75) is 58.5 Å². The first-order chi connectivity index (χ1) is 15.9. The maximum Gasteiger partial charge on any atom is 0.416 e. The van der Waals surface area contributed by atoms with Crippen molar-refractivity contribution < 1.29 is 32.5 Å². The van der Waals surface area contributed by atoms with Crippen LogP contribution in [0.25, 0.3) is 11.4 Å². The second-order valence-electron chi connectivity index (χ2n) is 8.24. The Morgan fingerprint density at radius 1 is 1.06 bits per heavy atom. The fourth-order valence-corrected chi connectivity index (χ4v) is 3.14. The minimum atomic E-state index is -4.41. The molecule has 2 aromatic carbocycles. The smallest absolute Gasteiger partial charge is 0.416 e. The Labute approximate surface area is 195 Å². The third-order valence-electron chi connectivity index (χ3n) is 4.99. The number of alkyl halides is 3. The van der Waals surface area contributed by atoms with Crippen LogP contribution in [0.1, 0.15) is 51.6 Å². The van der Waals surface area contributed by atoms with Crippen LogP contribution in [0.2, 0.25) is 0 Å². The molecule has 0 spiro atoms. The van der Waals surface area contributed by atoms with Gasteiger partial charge in [0, 0.05) is 12.1 Å². The Kier molecular flexibility index (Phi) is 7.18. The SMILES string of the molecule is CCCn1nc(-c2ccc(C(F)(F)F)cc2)nc1C(C)Oc1ccc(OC(C)(C)C(=O)O)cc1. The van der Waals surface area contributed by atoms with Crippen LogP contribution < -0.4 is 9.47 Å². The van der Waals surface area contributed by atoms with Gasteiger partial charge in [0.25, 0.3) is 0 Å². The molecule has 0 bridgehead atoms. The number of hydrogen-bond donors (Lipinski definition) is 1. The standard InChI is InChI=1S/C24H26F3N3O4/c1-5-14-30-21(28-20(29-30)16-6-8-17(9-7-16)24(25,26)27)15(2)33-18-10-12-19(13-11-18)34-23(3,4)22(31)32/h6-13,15H,5,14H2,1-4H3,(H,31,32). The Morgan fingerprint density at radius 2 is 1.65 bits per heavy atom. The van der Waals surface area contributed by atoms with Gasteiger partial charge in [-0.05, 0) is 63.6 Å². The van der Waals surface area contributed by atoms with Crippen LogP contribution in [0.15, 0.2) is 48.5 Å². The van der Waals surface area contributed by atoms with Crippen LogP contribution in [0, 0.1) is 0 Å². The number of carbonyl (C=O) groups is 1. The lowest BCUT2D eigenvalue weighted by Crippen LogP contribution is -2.37. The average Bonchev–Trinajstić information content (AvgIpc) is 3.19. The molecule has 0 aliphatic carbocycles. The number of rotatable bonds is 9. The second kappa shape index (κ2) is 9.74. The molecule has 0 saturated carbocycles. The van der Waals surface area contributed by atoms with Gasteiger partial charge in [0.15, 0.2) is 23.4 Å². The fraction of sp³-hybridized carbons (Fsp3) is 0.375. The number of carboxylic acids is 1. The summed E-state index contributed by atoms with van der Waals surface area (Å²) in [7, 11) is 0. The quantitative estimate of drug-likeness (QED) is 0.422. The number of aromatic nitrogens is 3. The van der Waals surface area contributed by atoms with Gasteiger partial charge in [-0.3, -0.25) is 0 Å². The van der Waals surface area contributed by atoms with Gasteiger partial charge in [0.1, 0.15) is 11.5 Å². The maximum absolute atomic E-state index is 12.9. The fourth-order valence-electron chi connectivity index (χ4n) is 3.14. The van der Waals surface area contributed by atoms with Crippen molar-refractivity contribution in [3.05, 3.63) is 59.9 Å². The van der Waals surface area contributed by atoms with Crippen LogP contribution >= 0.6 is 0 Å². The molecule has 0 aliphatic heterocycles. The molecule has 0 radical (unpaired) electrons. The number of carboxylic acid groups (broad SMARTS) is 1. The number of aryl methyl sites for hydroxylation is 1. The molecule has 0 amide bonds. The van der Waals surface area contributed by atoms with E-state index in [1.807, 2.05) is 6.92 Å². The lowest BCUT2D eigenvalue weighted by Gasteiger charge is -2.21. The average molecular weight is 477 g/mol. The molecule has 1 unspecified atom stereocenters. The maximum atomic E-state index is 12.9. The van der Waals surface area contributed by atoms with Crippen LogP contribution in [0.5, 0.6) is 11.5 Å². The molecule has 1 atom stereocenters. The largest absolute Gasteiger partial charge is 0.483 e. The predicted molar refractivity (Wildman–Crippen MR) is 119 cm³/mol. The minimum Gasteiger partial charge on any atom is -0.483 e. The van der Waals surface area contributed by atoms with E-state index in [0.717, 1.165) is 18.6 Å². The van der Waals surface area contributed by atoms with E-state index in [-0.39, 0.29) is 0 Å². The van der Waals surface area contributed by atoms with Gasteiger partial charge in [-0.15, -0.1) is 0 Å². The van der Waals surface area contributed by atoms with E-state index >= 15 is 0 Å². The third kappa shape index (κ3) is 5.86. The zero-order chi connectivity index (χ0) is 25.1. The van der Waals surface area contributed by atoms with Gasteiger partial charge < -0.3 is 14.6 Å². The molecule has 1 aromatic heterocycles. The summed E-state index contributed by atoms with van der Waals surface area (Å²) in [6.45, 7) is 7.25. The highest BCUT2D eigenvalue weighted by Gasteiger charge is 2.31. The summed E-state index contributed by atoms with van der Waals surface area (Å²) in [5, 5.41) is 13.7. The molecule has 182 valence electrons. The molecule has 10 heteroatoms. The van der Waals surface area contributed by atoms with E-state index in [9.17, 15) is 23.1 Å². The molecule has 34 heavy (non-hydrogen) atoms. The zero-order valence-electron chi connectivity index (χ0n) is 19.3. The van der Waals surface area contributed by atoms with E-state index < -0.39 is 29.4 Å². The molecule has 1 heterocycles. The molecular weight excluding hydrogens is 451 g/mol. The zero-order valence-corrected chi connectivity index (χ0v) is 19.3. The molecule has 1 N–H and O–H groups in total. The van der Waals surface area contributed by atoms with Crippen LogP contribution in [0.4, 0.5) is 13.2 Å². The van der Waals surface area contributed by atoms with E-state index in [1.54, 1.807) is 35.9 Å². The summed E-state index contributed by atoms with van der Waals surface area (Å²) in [5.41, 5.74) is -1.64. The molecule has 0 aliphatic rings. The third-order valence-corrected chi connectivity index (χ3v) is 4.99. The Morgan fingerprint density at radius 3 is 2.18 bits per heavy atom. The number of halogens is 3. The van der Waals surface area contributed by atoms with Crippen molar-refractivity contribution in [2.75, 3.05) is 0 Å². The van der Waals surface area contributed by atoms with E-state index in [1.165, 1.54) is 26.0 Å². The number of ether oxygens (including phenoxy) is 2.